The largest absolute Gasteiger partial charge is 0.364 e. The number of rotatable bonds is 3. The Morgan fingerprint density at radius 3 is 2.38 bits per heavy atom. The smallest absolute Gasteiger partial charge is 0.118 e. The second-order valence-electron chi connectivity index (χ2n) is 1.85. The van der Waals surface area contributed by atoms with E-state index in [1.165, 1.54) is 0 Å². The van der Waals surface area contributed by atoms with Crippen LogP contribution in [0.3, 0.4) is 0 Å². The van der Waals surface area contributed by atoms with Gasteiger partial charge in [-0.2, -0.15) is 0 Å². The summed E-state index contributed by atoms with van der Waals surface area (Å²) in [5.41, 5.74) is 1.02. The van der Waals surface area contributed by atoms with Gasteiger partial charge in [-0.3, -0.25) is 0 Å². The van der Waals surface area contributed by atoms with Crippen molar-refractivity contribution in [2.45, 2.75) is 6.92 Å². The molecule has 0 aromatic rings. The summed E-state index contributed by atoms with van der Waals surface area (Å²) in [6.07, 6.45) is 0. The summed E-state index contributed by atoms with van der Waals surface area (Å²) in [7, 11) is 3.60. The zero-order chi connectivity index (χ0) is 6.57. The fourth-order valence-electron chi connectivity index (χ4n) is 0.304. The van der Waals surface area contributed by atoms with Crippen molar-refractivity contribution in [3.8, 4) is 0 Å². The van der Waals surface area contributed by atoms with Gasteiger partial charge in [0.05, 0.1) is 0 Å². The second kappa shape index (κ2) is 3.50. The third-order valence-electron chi connectivity index (χ3n) is 0.974. The molecular formula is C6H13NO. The first-order chi connectivity index (χ1) is 3.68. The molecule has 0 saturated carbocycles. The maximum absolute atomic E-state index is 4.83. The highest BCUT2D eigenvalue weighted by molar-refractivity contribution is 4.84. The molecule has 8 heavy (non-hydrogen) atoms. The van der Waals surface area contributed by atoms with Crippen molar-refractivity contribution in [3.05, 3.63) is 12.3 Å². The van der Waals surface area contributed by atoms with Crippen LogP contribution in [0.2, 0.25) is 0 Å². The molecule has 0 bridgehead atoms. The second-order valence-corrected chi connectivity index (χ2v) is 1.85. The number of hydrogen-bond donors (Lipinski definition) is 0. The number of hydrogen-bond acceptors (Lipinski definition) is 2. The summed E-state index contributed by atoms with van der Waals surface area (Å²) in [6, 6.07) is 0. The molecule has 0 aliphatic carbocycles. The first kappa shape index (κ1) is 7.50. The van der Waals surface area contributed by atoms with E-state index in [-0.39, 0.29) is 0 Å². The summed E-state index contributed by atoms with van der Waals surface area (Å²) in [6.45, 7) is 6.28. The van der Waals surface area contributed by atoms with Crippen LogP contribution >= 0.6 is 0 Å². The van der Waals surface area contributed by atoms with E-state index in [1.54, 1.807) is 7.11 Å². The van der Waals surface area contributed by atoms with Crippen LogP contribution in [-0.2, 0) is 4.74 Å². The molecule has 0 spiro atoms. The highest BCUT2D eigenvalue weighted by Gasteiger charge is 1.90. The minimum atomic E-state index is 0.620. The maximum atomic E-state index is 4.83. The Bertz CT molecular complexity index is 80.6. The van der Waals surface area contributed by atoms with Gasteiger partial charge in [0, 0.05) is 19.9 Å². The Hall–Kier alpha value is -0.500. The Morgan fingerprint density at radius 1 is 1.75 bits per heavy atom. The van der Waals surface area contributed by atoms with Crippen molar-refractivity contribution in [1.29, 1.82) is 0 Å². The van der Waals surface area contributed by atoms with Gasteiger partial charge in [0.1, 0.15) is 6.73 Å². The lowest BCUT2D eigenvalue weighted by molar-refractivity contribution is 0.104. The Balaban J connectivity index is 3.32. The quantitative estimate of drug-likeness (QED) is 0.510. The summed E-state index contributed by atoms with van der Waals surface area (Å²) in [5.74, 6) is 0. The minimum Gasteiger partial charge on any atom is -0.364 e. The van der Waals surface area contributed by atoms with Crippen molar-refractivity contribution >= 4 is 0 Å². The molecule has 0 heterocycles. The predicted octanol–water partition coefficient (Wildman–Crippen LogP) is 1.06. The zero-order valence-electron chi connectivity index (χ0n) is 5.77. The lowest BCUT2D eigenvalue weighted by atomic mass is 10.5. The van der Waals surface area contributed by atoms with E-state index in [2.05, 4.69) is 6.58 Å². The molecule has 0 unspecified atom stereocenters. The van der Waals surface area contributed by atoms with Gasteiger partial charge in [0.15, 0.2) is 0 Å². The van der Waals surface area contributed by atoms with Crippen LogP contribution in [0.15, 0.2) is 12.3 Å². The van der Waals surface area contributed by atoms with Crippen LogP contribution in [0.1, 0.15) is 6.92 Å². The first-order valence-electron chi connectivity index (χ1n) is 2.54. The molecule has 0 radical (unpaired) electrons. The fourth-order valence-corrected chi connectivity index (χ4v) is 0.304. The van der Waals surface area contributed by atoms with Crippen molar-refractivity contribution in [1.82, 2.24) is 4.90 Å². The molecule has 0 aliphatic rings. The van der Waals surface area contributed by atoms with E-state index in [0.717, 1.165) is 5.70 Å². The molecule has 2 heteroatoms. The van der Waals surface area contributed by atoms with Gasteiger partial charge in [0.2, 0.25) is 0 Å². The predicted molar refractivity (Wildman–Crippen MR) is 34.5 cm³/mol. The lowest BCUT2D eigenvalue weighted by Gasteiger charge is -2.16. The minimum absolute atomic E-state index is 0.620. The Labute approximate surface area is 50.7 Å². The van der Waals surface area contributed by atoms with Gasteiger partial charge in [0.25, 0.3) is 0 Å². The standard InChI is InChI=1S/C6H13NO/c1-6(2)7(3)5-8-4/h1,5H2,2-4H3. The van der Waals surface area contributed by atoms with Crippen LogP contribution in [0, 0.1) is 0 Å². The highest BCUT2D eigenvalue weighted by atomic mass is 16.5. The summed E-state index contributed by atoms with van der Waals surface area (Å²) >= 11 is 0. The van der Waals surface area contributed by atoms with E-state index in [0.29, 0.717) is 6.73 Å². The van der Waals surface area contributed by atoms with Crippen LogP contribution in [0.25, 0.3) is 0 Å². The SMILES string of the molecule is C=C(C)N(C)COC. The molecule has 0 saturated heterocycles. The molecule has 0 fully saturated rings. The van der Waals surface area contributed by atoms with Gasteiger partial charge >= 0.3 is 0 Å². The Kier molecular flexibility index (Phi) is 3.28. The van der Waals surface area contributed by atoms with E-state index in [1.807, 2.05) is 18.9 Å². The third-order valence-corrected chi connectivity index (χ3v) is 0.974. The average Bonchev–Trinajstić information content (AvgIpc) is 1.67. The van der Waals surface area contributed by atoms with Gasteiger partial charge in [-0.1, -0.05) is 6.58 Å². The van der Waals surface area contributed by atoms with Gasteiger partial charge in [-0.15, -0.1) is 0 Å². The van der Waals surface area contributed by atoms with Crippen LogP contribution in [-0.4, -0.2) is 25.8 Å². The third kappa shape index (κ3) is 2.64. The van der Waals surface area contributed by atoms with Gasteiger partial charge < -0.3 is 9.64 Å². The van der Waals surface area contributed by atoms with E-state index >= 15 is 0 Å². The van der Waals surface area contributed by atoms with Crippen LogP contribution < -0.4 is 0 Å². The molecule has 0 rings (SSSR count). The van der Waals surface area contributed by atoms with E-state index in [4.69, 9.17) is 4.74 Å². The molecule has 48 valence electrons. The topological polar surface area (TPSA) is 12.5 Å². The summed E-state index contributed by atoms with van der Waals surface area (Å²) in [5, 5.41) is 0. The number of methoxy groups -OCH3 is 1. The average molecular weight is 115 g/mol. The molecule has 0 atom stereocenters. The highest BCUT2D eigenvalue weighted by Crippen LogP contribution is 1.92. The molecular weight excluding hydrogens is 102 g/mol. The fraction of sp³-hybridized carbons (Fsp3) is 0.667. The molecule has 0 aromatic heterocycles. The van der Waals surface area contributed by atoms with Crippen molar-refractivity contribution in [2.75, 3.05) is 20.9 Å². The molecule has 2 nitrogen and oxygen atoms in total. The first-order valence-corrected chi connectivity index (χ1v) is 2.54. The van der Waals surface area contributed by atoms with E-state index < -0.39 is 0 Å². The molecule has 0 amide bonds. The normalized spacial score (nSPS) is 8.88. The lowest BCUT2D eigenvalue weighted by Crippen LogP contribution is -2.17. The Morgan fingerprint density at radius 2 is 2.25 bits per heavy atom. The van der Waals surface area contributed by atoms with Crippen molar-refractivity contribution < 1.29 is 4.74 Å². The monoisotopic (exact) mass is 115 g/mol. The molecule has 0 N–H and O–H groups in total. The summed E-state index contributed by atoms with van der Waals surface area (Å²) < 4.78 is 4.83. The molecule has 0 aliphatic heterocycles. The number of allylic oxidation sites excluding steroid dienone is 1. The van der Waals surface area contributed by atoms with Crippen molar-refractivity contribution in [3.63, 3.8) is 0 Å². The van der Waals surface area contributed by atoms with Gasteiger partial charge in [-0.05, 0) is 6.92 Å². The van der Waals surface area contributed by atoms with E-state index in [9.17, 15) is 0 Å². The van der Waals surface area contributed by atoms with Gasteiger partial charge in [-0.25, -0.2) is 0 Å². The number of nitrogens with zero attached hydrogens (tertiary/aromatic N) is 1. The number of ether oxygens (including phenoxy) is 1. The van der Waals surface area contributed by atoms with Crippen LogP contribution in [0.5, 0.6) is 0 Å². The van der Waals surface area contributed by atoms with Crippen molar-refractivity contribution in [2.24, 2.45) is 0 Å². The van der Waals surface area contributed by atoms with Crippen LogP contribution in [0.4, 0.5) is 0 Å². The zero-order valence-corrected chi connectivity index (χ0v) is 5.77. The summed E-state index contributed by atoms with van der Waals surface area (Å²) in [4.78, 5) is 1.93. The molecule has 0 aromatic carbocycles. The maximum Gasteiger partial charge on any atom is 0.118 e.